The van der Waals surface area contributed by atoms with Gasteiger partial charge in [0, 0.05) is 0 Å². The van der Waals surface area contributed by atoms with Crippen LogP contribution in [0.3, 0.4) is 0 Å². The molecule has 0 heterocycles. The summed E-state index contributed by atoms with van der Waals surface area (Å²) in [4.78, 5) is 17.9. The van der Waals surface area contributed by atoms with Crippen LogP contribution < -0.4 is 0 Å². The van der Waals surface area contributed by atoms with E-state index in [4.69, 9.17) is 37.0 Å². The first kappa shape index (κ1) is 14.2. The van der Waals surface area contributed by atoms with Crippen LogP contribution in [0.15, 0.2) is 0 Å². The summed E-state index contributed by atoms with van der Waals surface area (Å²) in [7, 11) is 0. The summed E-state index contributed by atoms with van der Waals surface area (Å²) in [5.41, 5.74) is 0. The molecule has 14 heavy (non-hydrogen) atoms. The molecule has 4 nitrogen and oxygen atoms in total. The summed E-state index contributed by atoms with van der Waals surface area (Å²) in [6.07, 6.45) is 2.43. The molecule has 0 saturated carbocycles. The van der Waals surface area contributed by atoms with Crippen molar-refractivity contribution in [1.29, 1.82) is 0 Å². The van der Waals surface area contributed by atoms with Crippen LogP contribution in [0.4, 0.5) is 0 Å². The second kappa shape index (κ2) is 5.37. The van der Waals surface area contributed by atoms with Crippen molar-refractivity contribution in [2.75, 3.05) is 6.61 Å². The average Bonchev–Trinajstić information content (AvgIpc) is 1.93. The van der Waals surface area contributed by atoms with Crippen LogP contribution in [-0.4, -0.2) is 22.5 Å². The summed E-state index contributed by atoms with van der Waals surface area (Å²) in [5.74, 6) is -2.26. The van der Waals surface area contributed by atoms with Crippen LogP contribution in [0.25, 0.3) is 0 Å². The van der Waals surface area contributed by atoms with Crippen LogP contribution in [0.5, 0.6) is 0 Å². The number of halogens is 2. The van der Waals surface area contributed by atoms with Crippen molar-refractivity contribution in [3.8, 4) is 12.0 Å². The zero-order valence-corrected chi connectivity index (χ0v) is 10.3. The second-order valence-electron chi connectivity index (χ2n) is 2.62. The third-order valence-corrected chi connectivity index (χ3v) is 2.18. The Balaban J connectivity index is 3.83. The molecule has 2 N–H and O–H groups in total. The van der Waals surface area contributed by atoms with Gasteiger partial charge in [0.1, 0.15) is 0 Å². The van der Waals surface area contributed by atoms with Gasteiger partial charge in [-0.3, -0.25) is 0 Å². The van der Waals surface area contributed by atoms with Gasteiger partial charge in [0.2, 0.25) is 0 Å². The van der Waals surface area contributed by atoms with Crippen molar-refractivity contribution in [3.05, 3.63) is 0 Å². The minimum atomic E-state index is -4.93. The van der Waals surface area contributed by atoms with E-state index in [9.17, 15) is 0 Å². The topological polar surface area (TPSA) is 58.9 Å². The van der Waals surface area contributed by atoms with Gasteiger partial charge >= 0.3 is 92.5 Å². The van der Waals surface area contributed by atoms with Gasteiger partial charge in [0.15, 0.2) is 0 Å². The molecule has 0 aliphatic heterocycles. The normalized spacial score (nSPS) is 16.0. The fraction of sp³-hybridized carbons (Fsp3) is 0.714. The maximum absolute atomic E-state index is 8.96. The Morgan fingerprint density at radius 1 is 1.43 bits per heavy atom. The third-order valence-electron chi connectivity index (χ3n) is 0.993. The molecule has 0 rings (SSSR count). The van der Waals surface area contributed by atoms with Crippen LogP contribution in [0, 0.1) is 12.0 Å². The summed E-state index contributed by atoms with van der Waals surface area (Å²) >= 11 is 10.2. The zero-order chi connectivity index (χ0) is 11.3. The quantitative estimate of drug-likeness (QED) is 0.603. The molecule has 0 aliphatic rings. The van der Waals surface area contributed by atoms with Gasteiger partial charge < -0.3 is 0 Å². The van der Waals surface area contributed by atoms with Crippen LogP contribution in [0.1, 0.15) is 20.3 Å². The van der Waals surface area contributed by atoms with Gasteiger partial charge in [0.25, 0.3) is 0 Å². The SMILES string of the molecule is CCC#COCC(C)OP(O)(O)(Cl)Cl. The molecule has 1 unspecified atom stereocenters. The molecule has 0 amide bonds. The number of ether oxygens (including phenoxy) is 1. The average molecular weight is 263 g/mol. The Kier molecular flexibility index (Phi) is 5.46. The van der Waals surface area contributed by atoms with Crippen LogP contribution in [-0.2, 0) is 9.26 Å². The fourth-order valence-electron chi connectivity index (χ4n) is 0.610. The molecule has 1 atom stereocenters. The minimum absolute atomic E-state index is 0.0610. The molecule has 84 valence electrons. The summed E-state index contributed by atoms with van der Waals surface area (Å²) in [6.45, 7) is 3.47. The van der Waals surface area contributed by atoms with E-state index in [-0.39, 0.29) is 6.61 Å². The van der Waals surface area contributed by atoms with E-state index in [1.807, 2.05) is 6.92 Å². The molecule has 0 aliphatic carbocycles. The molecule has 0 saturated heterocycles. The van der Waals surface area contributed by atoms with Crippen molar-refractivity contribution in [1.82, 2.24) is 0 Å². The van der Waals surface area contributed by atoms with E-state index in [0.29, 0.717) is 6.42 Å². The number of rotatable bonds is 4. The molecule has 0 fully saturated rings. The van der Waals surface area contributed by atoms with Gasteiger partial charge in [-0.1, -0.05) is 0 Å². The van der Waals surface area contributed by atoms with Crippen molar-refractivity contribution in [3.63, 3.8) is 0 Å². The Morgan fingerprint density at radius 3 is 2.43 bits per heavy atom. The van der Waals surface area contributed by atoms with Gasteiger partial charge in [-0.2, -0.15) is 0 Å². The Morgan fingerprint density at radius 2 is 2.00 bits per heavy atom. The molecule has 7 heteroatoms. The molecular formula is C7H13Cl2O4P. The van der Waals surface area contributed by atoms with E-state index in [1.54, 1.807) is 0 Å². The van der Waals surface area contributed by atoms with Crippen LogP contribution in [0.2, 0.25) is 0 Å². The van der Waals surface area contributed by atoms with Gasteiger partial charge in [0.05, 0.1) is 0 Å². The van der Waals surface area contributed by atoms with E-state index in [2.05, 4.69) is 16.6 Å². The molecule has 0 bridgehead atoms. The van der Waals surface area contributed by atoms with Crippen LogP contribution >= 0.6 is 28.5 Å². The summed E-state index contributed by atoms with van der Waals surface area (Å²) < 4.78 is 9.41. The standard InChI is InChI=1S/C7H13Cl2O4P/c1-3-4-5-12-6-7(2)13-14(8,9,10)11/h7,10-11H,3,6H2,1-2H3. The Labute approximate surface area is 92.9 Å². The van der Waals surface area contributed by atoms with E-state index in [1.165, 1.54) is 6.92 Å². The first-order chi connectivity index (χ1) is 6.21. The predicted molar refractivity (Wildman–Crippen MR) is 57.6 cm³/mol. The maximum atomic E-state index is 8.96. The molecule has 0 aromatic heterocycles. The van der Waals surface area contributed by atoms with Crippen molar-refractivity contribution < 1.29 is 19.0 Å². The molecule has 0 radical (unpaired) electrons. The zero-order valence-electron chi connectivity index (χ0n) is 7.91. The molecular weight excluding hydrogens is 250 g/mol. The first-order valence-electron chi connectivity index (χ1n) is 3.95. The number of hydrogen-bond acceptors (Lipinski definition) is 4. The van der Waals surface area contributed by atoms with Gasteiger partial charge in [-0.25, -0.2) is 0 Å². The van der Waals surface area contributed by atoms with Crippen molar-refractivity contribution >= 4 is 28.5 Å². The summed E-state index contributed by atoms with van der Waals surface area (Å²) in [6, 6.07) is 0. The molecule has 0 aromatic rings. The third kappa shape index (κ3) is 10.3. The predicted octanol–water partition coefficient (Wildman–Crippen LogP) is 2.37. The van der Waals surface area contributed by atoms with E-state index < -0.39 is 12.1 Å². The van der Waals surface area contributed by atoms with E-state index in [0.717, 1.165) is 0 Å². The number of hydrogen-bond donors (Lipinski definition) is 2. The van der Waals surface area contributed by atoms with Crippen molar-refractivity contribution in [2.24, 2.45) is 0 Å². The monoisotopic (exact) mass is 262 g/mol. The summed E-state index contributed by atoms with van der Waals surface area (Å²) in [5, 5.41) is 0. The Bertz CT molecular complexity index is 230. The van der Waals surface area contributed by atoms with Gasteiger partial charge in [-0.15, -0.1) is 0 Å². The molecule has 0 spiro atoms. The van der Waals surface area contributed by atoms with Gasteiger partial charge in [-0.05, 0) is 0 Å². The second-order valence-corrected chi connectivity index (χ2v) is 8.52. The Hall–Kier alpha value is 0.250. The van der Waals surface area contributed by atoms with E-state index >= 15 is 0 Å². The first-order valence-corrected chi connectivity index (χ1v) is 7.82. The molecule has 0 aromatic carbocycles. The van der Waals surface area contributed by atoms with Crippen molar-refractivity contribution in [2.45, 2.75) is 26.4 Å². The fourth-order valence-corrected chi connectivity index (χ4v) is 2.08.